The summed E-state index contributed by atoms with van der Waals surface area (Å²) >= 11 is 4.48. The van der Waals surface area contributed by atoms with Gasteiger partial charge in [0.05, 0.1) is 5.75 Å². The van der Waals surface area contributed by atoms with Gasteiger partial charge in [-0.15, -0.1) is 10.2 Å². The summed E-state index contributed by atoms with van der Waals surface area (Å²) in [7, 11) is 0. The minimum atomic E-state index is -0.925. The second-order valence-electron chi connectivity index (χ2n) is 3.84. The van der Waals surface area contributed by atoms with Gasteiger partial charge in [0.1, 0.15) is 0 Å². The van der Waals surface area contributed by atoms with E-state index in [0.717, 1.165) is 27.4 Å². The fraction of sp³-hybridized carbons (Fsp3) is 0.182. The number of nitrogen functional groups attached to an aromatic ring is 1. The van der Waals surface area contributed by atoms with Crippen LogP contribution in [0.25, 0.3) is 11.4 Å². The maximum Gasteiger partial charge on any atom is 0.313 e. The van der Waals surface area contributed by atoms with Crippen LogP contribution in [0.1, 0.15) is 5.56 Å². The number of halogens is 1. The number of aromatic nitrogens is 3. The van der Waals surface area contributed by atoms with Crippen LogP contribution in [0.3, 0.4) is 0 Å². The van der Waals surface area contributed by atoms with Crippen LogP contribution < -0.4 is 5.84 Å². The van der Waals surface area contributed by atoms with Crippen molar-refractivity contribution in [1.29, 1.82) is 0 Å². The molecule has 0 spiro atoms. The Morgan fingerprint density at radius 2 is 2.26 bits per heavy atom. The molecular weight excluding hydrogens is 332 g/mol. The number of nitrogens with zero attached hydrogens (tertiary/aromatic N) is 3. The van der Waals surface area contributed by atoms with E-state index in [9.17, 15) is 4.79 Å². The summed E-state index contributed by atoms with van der Waals surface area (Å²) in [5.41, 5.74) is 1.92. The number of benzene rings is 1. The Balaban J connectivity index is 2.33. The summed E-state index contributed by atoms with van der Waals surface area (Å²) in [6.45, 7) is 1.98. The molecule has 0 atom stereocenters. The van der Waals surface area contributed by atoms with Gasteiger partial charge in [0.25, 0.3) is 0 Å². The van der Waals surface area contributed by atoms with Crippen molar-refractivity contribution in [2.75, 3.05) is 11.6 Å². The summed E-state index contributed by atoms with van der Waals surface area (Å²) < 4.78 is 2.16. The first-order valence-corrected chi connectivity index (χ1v) is 7.08. The summed E-state index contributed by atoms with van der Waals surface area (Å²) in [6.07, 6.45) is 0. The molecular formula is C11H11BrN4O2S. The van der Waals surface area contributed by atoms with Gasteiger partial charge in [-0.25, -0.2) is 4.68 Å². The Morgan fingerprint density at radius 1 is 1.53 bits per heavy atom. The first kappa shape index (κ1) is 13.9. The maximum absolute atomic E-state index is 10.5. The molecule has 2 rings (SSSR count). The fourth-order valence-electron chi connectivity index (χ4n) is 1.49. The summed E-state index contributed by atoms with van der Waals surface area (Å²) in [6, 6.07) is 5.78. The molecule has 1 aromatic carbocycles. The molecule has 3 N–H and O–H groups in total. The summed E-state index contributed by atoms with van der Waals surface area (Å²) in [5, 5.41) is 16.9. The zero-order valence-corrected chi connectivity index (χ0v) is 12.4. The van der Waals surface area contributed by atoms with Crippen LogP contribution in [0.2, 0.25) is 0 Å². The highest BCUT2D eigenvalue weighted by molar-refractivity contribution is 9.10. The Labute approximate surface area is 122 Å². The van der Waals surface area contributed by atoms with E-state index in [2.05, 4.69) is 26.1 Å². The highest BCUT2D eigenvalue weighted by Gasteiger charge is 2.15. The van der Waals surface area contributed by atoms with Crippen LogP contribution >= 0.6 is 27.7 Å². The third-order valence-electron chi connectivity index (χ3n) is 2.35. The van der Waals surface area contributed by atoms with Crippen LogP contribution in [0.5, 0.6) is 0 Å². The Hall–Kier alpha value is -1.54. The van der Waals surface area contributed by atoms with E-state index in [4.69, 9.17) is 10.9 Å². The highest BCUT2D eigenvalue weighted by Crippen LogP contribution is 2.28. The lowest BCUT2D eigenvalue weighted by atomic mass is 10.1. The molecule has 19 heavy (non-hydrogen) atoms. The zero-order chi connectivity index (χ0) is 14.0. The molecule has 1 aromatic heterocycles. The van der Waals surface area contributed by atoms with E-state index in [1.165, 1.54) is 4.68 Å². The second-order valence-corrected chi connectivity index (χ2v) is 5.64. The van der Waals surface area contributed by atoms with Crippen molar-refractivity contribution in [3.05, 3.63) is 28.2 Å². The average Bonchev–Trinajstić information content (AvgIpc) is 2.68. The zero-order valence-electron chi connectivity index (χ0n) is 10.00. The lowest BCUT2D eigenvalue weighted by Crippen LogP contribution is -2.12. The van der Waals surface area contributed by atoms with Crippen molar-refractivity contribution in [1.82, 2.24) is 14.9 Å². The number of hydrogen-bond acceptors (Lipinski definition) is 5. The van der Waals surface area contributed by atoms with Gasteiger partial charge in [0.15, 0.2) is 5.82 Å². The number of carboxylic acids is 1. The van der Waals surface area contributed by atoms with Crippen LogP contribution in [0.15, 0.2) is 27.8 Å². The van der Waals surface area contributed by atoms with Crippen LogP contribution in [-0.2, 0) is 4.79 Å². The first-order chi connectivity index (χ1) is 8.99. The largest absolute Gasteiger partial charge is 0.481 e. The lowest BCUT2D eigenvalue weighted by molar-refractivity contribution is -0.133. The molecule has 0 aliphatic carbocycles. The molecule has 0 aliphatic heterocycles. The monoisotopic (exact) mass is 342 g/mol. The molecule has 0 fully saturated rings. The van der Waals surface area contributed by atoms with Crippen molar-refractivity contribution < 1.29 is 9.90 Å². The third kappa shape index (κ3) is 3.07. The van der Waals surface area contributed by atoms with E-state index in [-0.39, 0.29) is 5.75 Å². The number of hydrogen-bond donors (Lipinski definition) is 2. The van der Waals surface area contributed by atoms with Crippen molar-refractivity contribution in [2.45, 2.75) is 12.1 Å². The first-order valence-electron chi connectivity index (χ1n) is 5.30. The fourth-order valence-corrected chi connectivity index (χ4v) is 2.73. The highest BCUT2D eigenvalue weighted by atomic mass is 79.9. The number of nitrogens with two attached hydrogens (primary N) is 1. The molecule has 0 amide bonds. The van der Waals surface area contributed by atoms with Gasteiger partial charge in [0, 0.05) is 10.0 Å². The topological polar surface area (TPSA) is 94.0 Å². The third-order valence-corrected chi connectivity index (χ3v) is 3.94. The number of aryl methyl sites for hydroxylation is 1. The van der Waals surface area contributed by atoms with Gasteiger partial charge >= 0.3 is 5.97 Å². The summed E-state index contributed by atoms with van der Waals surface area (Å²) in [4.78, 5) is 10.5. The van der Waals surface area contributed by atoms with Crippen LogP contribution in [-0.4, -0.2) is 31.7 Å². The van der Waals surface area contributed by atoms with Crippen molar-refractivity contribution in [3.8, 4) is 11.4 Å². The lowest BCUT2D eigenvalue weighted by Gasteiger charge is -2.05. The van der Waals surface area contributed by atoms with Crippen LogP contribution in [0.4, 0.5) is 0 Å². The normalized spacial score (nSPS) is 10.6. The second kappa shape index (κ2) is 5.62. The number of aliphatic carboxylic acids is 1. The molecule has 6 nitrogen and oxygen atoms in total. The quantitative estimate of drug-likeness (QED) is 0.651. The molecule has 0 saturated heterocycles. The van der Waals surface area contributed by atoms with E-state index in [0.29, 0.717) is 11.0 Å². The SMILES string of the molecule is Cc1ccc(-c2nnc(SCC(=O)O)n2N)c(Br)c1. The Bertz CT molecular complexity index is 629. The number of carbonyl (C=O) groups is 1. The number of thioether (sulfide) groups is 1. The van der Waals surface area contributed by atoms with E-state index >= 15 is 0 Å². The van der Waals surface area contributed by atoms with E-state index < -0.39 is 5.97 Å². The molecule has 100 valence electrons. The van der Waals surface area contributed by atoms with Crippen molar-refractivity contribution >= 4 is 33.7 Å². The van der Waals surface area contributed by atoms with Crippen molar-refractivity contribution in [2.24, 2.45) is 0 Å². The maximum atomic E-state index is 10.5. The van der Waals surface area contributed by atoms with Gasteiger partial charge in [-0.05, 0) is 24.6 Å². The van der Waals surface area contributed by atoms with Crippen LogP contribution in [0, 0.1) is 6.92 Å². The molecule has 0 bridgehead atoms. The van der Waals surface area contributed by atoms with Gasteiger partial charge in [-0.1, -0.05) is 33.8 Å². The molecule has 2 aromatic rings. The van der Waals surface area contributed by atoms with Gasteiger partial charge in [-0.2, -0.15) is 0 Å². The molecule has 0 radical (unpaired) electrons. The predicted octanol–water partition coefficient (Wildman–Crippen LogP) is 1.91. The molecule has 1 heterocycles. The standard InChI is InChI=1S/C11H11BrN4O2S/c1-6-2-3-7(8(12)4-6)10-14-15-11(16(10)13)19-5-9(17)18/h2-4H,5,13H2,1H3,(H,17,18). The molecule has 0 saturated carbocycles. The minimum Gasteiger partial charge on any atom is -0.481 e. The molecule has 0 unspecified atom stereocenters. The van der Waals surface area contributed by atoms with Gasteiger partial charge in [0.2, 0.25) is 5.16 Å². The van der Waals surface area contributed by atoms with Gasteiger partial charge < -0.3 is 10.9 Å². The number of rotatable bonds is 4. The summed E-state index contributed by atoms with van der Waals surface area (Å²) in [5.74, 6) is 5.34. The average molecular weight is 343 g/mol. The Morgan fingerprint density at radius 3 is 2.89 bits per heavy atom. The smallest absolute Gasteiger partial charge is 0.313 e. The van der Waals surface area contributed by atoms with E-state index in [1.807, 2.05) is 25.1 Å². The van der Waals surface area contributed by atoms with Crippen molar-refractivity contribution in [3.63, 3.8) is 0 Å². The van der Waals surface area contributed by atoms with Gasteiger partial charge in [-0.3, -0.25) is 4.79 Å². The molecule has 8 heteroatoms. The molecule has 0 aliphatic rings. The van der Waals surface area contributed by atoms with E-state index in [1.54, 1.807) is 0 Å². The number of carboxylic acid groups (broad SMARTS) is 1. The minimum absolute atomic E-state index is 0.107. The predicted molar refractivity (Wildman–Crippen MR) is 76.4 cm³/mol. The Kier molecular flexibility index (Phi) is 4.11.